The van der Waals surface area contributed by atoms with E-state index in [4.69, 9.17) is 9.47 Å². The van der Waals surface area contributed by atoms with E-state index in [1.54, 1.807) is 0 Å². The molecule has 0 N–H and O–H groups in total. The lowest BCUT2D eigenvalue weighted by Gasteiger charge is -2.20. The van der Waals surface area contributed by atoms with E-state index < -0.39 is 11.9 Å². The Bertz CT molecular complexity index is 1170. The summed E-state index contributed by atoms with van der Waals surface area (Å²) in [6.07, 6.45) is 10.0. The number of ether oxygens (including phenoxy) is 2. The lowest BCUT2D eigenvalue weighted by molar-refractivity contribution is -0.133. The molecule has 0 saturated heterocycles. The van der Waals surface area contributed by atoms with Gasteiger partial charge in [0.15, 0.2) is 0 Å². The van der Waals surface area contributed by atoms with Crippen molar-refractivity contribution < 1.29 is 19.1 Å². The number of hydrogen-bond acceptors (Lipinski definition) is 4. The average molecular weight is 501 g/mol. The van der Waals surface area contributed by atoms with Crippen LogP contribution in [0.2, 0.25) is 0 Å². The Kier molecular flexibility index (Phi) is 8.36. The van der Waals surface area contributed by atoms with Gasteiger partial charge in [0.25, 0.3) is 0 Å². The highest BCUT2D eigenvalue weighted by Crippen LogP contribution is 2.45. The van der Waals surface area contributed by atoms with E-state index in [2.05, 4.69) is 53.7 Å². The molecule has 0 spiro atoms. The van der Waals surface area contributed by atoms with Crippen LogP contribution in [-0.2, 0) is 48.1 Å². The number of allylic oxidation sites excluding steroid dienone is 2. The zero-order valence-corrected chi connectivity index (χ0v) is 23.2. The molecule has 0 fully saturated rings. The molecule has 37 heavy (non-hydrogen) atoms. The van der Waals surface area contributed by atoms with Crippen LogP contribution < -0.4 is 9.47 Å². The van der Waals surface area contributed by atoms with E-state index in [-0.39, 0.29) is 11.8 Å². The summed E-state index contributed by atoms with van der Waals surface area (Å²) in [6, 6.07) is 7.93. The van der Waals surface area contributed by atoms with Crippen LogP contribution in [0.5, 0.6) is 11.5 Å². The standard InChI is InChI=1S/C33H40O4/c1-7-20-15-17-28(26(11-5)24(20)9-3)36-32(34)30-22-13-14-23(19-22)31(30)33(35)37-29-18-16-21(8-2)25(10-4)27(29)12-6/h13-18,22-23H,7-12,19H2,1-6H3. The molecule has 2 atom stereocenters. The number of carbonyl (C=O) groups is 2. The van der Waals surface area contributed by atoms with Crippen LogP contribution in [0.4, 0.5) is 0 Å². The maximum Gasteiger partial charge on any atom is 0.340 e. The number of benzene rings is 2. The van der Waals surface area contributed by atoms with Gasteiger partial charge in [-0.1, -0.05) is 65.8 Å². The monoisotopic (exact) mass is 500 g/mol. The van der Waals surface area contributed by atoms with Crippen molar-refractivity contribution in [1.29, 1.82) is 0 Å². The van der Waals surface area contributed by atoms with E-state index in [1.807, 2.05) is 24.3 Å². The Hall–Kier alpha value is -3.14. The van der Waals surface area contributed by atoms with Crippen molar-refractivity contribution >= 4 is 11.9 Å². The molecule has 0 saturated carbocycles. The fourth-order valence-electron chi connectivity index (χ4n) is 6.31. The summed E-state index contributed by atoms with van der Waals surface area (Å²) in [5.41, 5.74) is 8.16. The molecule has 0 aromatic heterocycles. The molecule has 4 rings (SSSR count). The van der Waals surface area contributed by atoms with Crippen LogP contribution in [-0.4, -0.2) is 11.9 Å². The molecule has 196 valence electrons. The number of rotatable bonds is 10. The smallest absolute Gasteiger partial charge is 0.340 e. The minimum atomic E-state index is -0.434. The van der Waals surface area contributed by atoms with E-state index in [1.165, 1.54) is 22.3 Å². The molecular weight excluding hydrogens is 460 g/mol. The maximum absolute atomic E-state index is 13.6. The predicted molar refractivity (Wildman–Crippen MR) is 148 cm³/mol. The van der Waals surface area contributed by atoms with Gasteiger partial charge in [-0.3, -0.25) is 0 Å². The minimum Gasteiger partial charge on any atom is -0.423 e. The lowest BCUT2D eigenvalue weighted by Crippen LogP contribution is -2.23. The number of carbonyl (C=O) groups excluding carboxylic acids is 2. The molecule has 2 aromatic rings. The summed E-state index contributed by atoms with van der Waals surface area (Å²) in [6.45, 7) is 12.7. The van der Waals surface area contributed by atoms with Crippen LogP contribution in [0.1, 0.15) is 81.3 Å². The third-order valence-corrected chi connectivity index (χ3v) is 8.11. The van der Waals surface area contributed by atoms with Gasteiger partial charge < -0.3 is 9.47 Å². The summed E-state index contributed by atoms with van der Waals surface area (Å²) in [7, 11) is 0. The molecule has 2 aliphatic rings. The third kappa shape index (κ3) is 4.91. The Morgan fingerprint density at radius 2 is 0.973 bits per heavy atom. The molecule has 2 bridgehead atoms. The Labute approximate surface area is 221 Å². The van der Waals surface area contributed by atoms with Gasteiger partial charge in [-0.25, -0.2) is 9.59 Å². The number of aryl methyl sites for hydroxylation is 2. The highest BCUT2D eigenvalue weighted by atomic mass is 16.5. The number of hydrogen-bond donors (Lipinski definition) is 0. The summed E-state index contributed by atoms with van der Waals surface area (Å²) >= 11 is 0. The second kappa shape index (κ2) is 11.5. The van der Waals surface area contributed by atoms with Crippen LogP contribution in [0.25, 0.3) is 0 Å². The molecule has 0 aliphatic heterocycles. The van der Waals surface area contributed by atoms with Gasteiger partial charge in [-0.15, -0.1) is 0 Å². The first-order valence-electron chi connectivity index (χ1n) is 14.1. The summed E-state index contributed by atoms with van der Waals surface area (Å²) in [4.78, 5) is 27.2. The predicted octanol–water partition coefficient (Wildman–Crippen LogP) is 7.07. The first kappa shape index (κ1) is 26.9. The molecule has 4 heteroatoms. The van der Waals surface area contributed by atoms with Gasteiger partial charge in [0.2, 0.25) is 0 Å². The van der Waals surface area contributed by atoms with Crippen LogP contribution in [0.15, 0.2) is 47.6 Å². The van der Waals surface area contributed by atoms with Crippen molar-refractivity contribution in [2.45, 2.75) is 86.5 Å². The van der Waals surface area contributed by atoms with E-state index in [0.29, 0.717) is 22.6 Å². The fraction of sp³-hybridized carbons (Fsp3) is 0.455. The number of esters is 2. The highest BCUT2D eigenvalue weighted by Gasteiger charge is 2.43. The largest absolute Gasteiger partial charge is 0.423 e. The molecule has 0 heterocycles. The highest BCUT2D eigenvalue weighted by molar-refractivity contribution is 6.04. The van der Waals surface area contributed by atoms with Gasteiger partial charge >= 0.3 is 11.9 Å². The fourth-order valence-corrected chi connectivity index (χ4v) is 6.31. The van der Waals surface area contributed by atoms with Crippen molar-refractivity contribution in [2.24, 2.45) is 11.8 Å². The average Bonchev–Trinajstić information content (AvgIpc) is 3.54. The van der Waals surface area contributed by atoms with Gasteiger partial charge in [-0.2, -0.15) is 0 Å². The molecular formula is C33H40O4. The molecule has 2 unspecified atom stereocenters. The quantitative estimate of drug-likeness (QED) is 0.199. The number of fused-ring (bicyclic) bond motifs is 2. The van der Waals surface area contributed by atoms with Gasteiger partial charge in [0.05, 0.1) is 11.1 Å². The lowest BCUT2D eigenvalue weighted by atomic mass is 9.94. The van der Waals surface area contributed by atoms with Crippen molar-refractivity contribution in [3.63, 3.8) is 0 Å². The van der Waals surface area contributed by atoms with Gasteiger partial charge in [-0.05, 0) is 90.5 Å². The molecule has 4 nitrogen and oxygen atoms in total. The second-order valence-corrected chi connectivity index (χ2v) is 9.92. The molecule has 2 aliphatic carbocycles. The first-order valence-corrected chi connectivity index (χ1v) is 14.1. The van der Waals surface area contributed by atoms with Crippen molar-refractivity contribution in [2.75, 3.05) is 0 Å². The van der Waals surface area contributed by atoms with E-state index >= 15 is 0 Å². The summed E-state index contributed by atoms with van der Waals surface area (Å²) < 4.78 is 12.0. The molecule has 2 aromatic carbocycles. The van der Waals surface area contributed by atoms with Gasteiger partial charge in [0, 0.05) is 11.8 Å². The van der Waals surface area contributed by atoms with Crippen LogP contribution in [0, 0.1) is 11.8 Å². The van der Waals surface area contributed by atoms with E-state index in [0.717, 1.165) is 56.1 Å². The van der Waals surface area contributed by atoms with E-state index in [9.17, 15) is 9.59 Å². The van der Waals surface area contributed by atoms with Crippen molar-refractivity contribution in [3.05, 3.63) is 80.9 Å². The Balaban J connectivity index is 1.67. The Morgan fingerprint density at radius 3 is 1.30 bits per heavy atom. The minimum absolute atomic E-state index is 0.106. The SMILES string of the molecule is CCc1ccc(OC(=O)C2=C(C(=O)Oc3ccc(CC)c(CC)c3CC)C3C=CC2C3)c(CC)c1CC. The summed E-state index contributed by atoms with van der Waals surface area (Å²) in [5.74, 6) is 0.122. The van der Waals surface area contributed by atoms with Crippen LogP contribution in [0.3, 0.4) is 0 Å². The third-order valence-electron chi connectivity index (χ3n) is 8.11. The van der Waals surface area contributed by atoms with Crippen molar-refractivity contribution in [3.8, 4) is 11.5 Å². The molecule has 0 amide bonds. The first-order chi connectivity index (χ1) is 17.9. The van der Waals surface area contributed by atoms with Crippen molar-refractivity contribution in [1.82, 2.24) is 0 Å². The topological polar surface area (TPSA) is 52.6 Å². The molecule has 0 radical (unpaired) electrons. The van der Waals surface area contributed by atoms with Crippen LogP contribution >= 0.6 is 0 Å². The second-order valence-electron chi connectivity index (χ2n) is 9.92. The van der Waals surface area contributed by atoms with Gasteiger partial charge in [0.1, 0.15) is 11.5 Å². The zero-order valence-electron chi connectivity index (χ0n) is 23.2. The normalized spacial score (nSPS) is 18.0. The summed E-state index contributed by atoms with van der Waals surface area (Å²) in [5, 5.41) is 0. The zero-order chi connectivity index (χ0) is 26.7. The maximum atomic E-state index is 13.6. The Morgan fingerprint density at radius 1 is 0.595 bits per heavy atom.